The molecule has 73 heavy (non-hydrogen) atoms. The van der Waals surface area contributed by atoms with Gasteiger partial charge in [-0.15, -0.1) is 11.3 Å². The van der Waals surface area contributed by atoms with Gasteiger partial charge in [0.05, 0.1) is 63.7 Å². The minimum Gasteiger partial charge on any atom is -0.494 e. The minimum atomic E-state index is -5.20. The Morgan fingerprint density at radius 1 is 0.986 bits per heavy atom. The molecule has 384 valence electrons. The van der Waals surface area contributed by atoms with Crippen molar-refractivity contribution in [2.45, 2.75) is 97.3 Å². The van der Waals surface area contributed by atoms with Crippen LogP contribution >= 0.6 is 23.6 Å². The van der Waals surface area contributed by atoms with E-state index in [0.29, 0.717) is 41.5 Å². The fourth-order valence-corrected chi connectivity index (χ4v) is 9.93. The smallest absolute Gasteiger partial charge is 0.420 e. The lowest BCUT2D eigenvalue weighted by atomic mass is 9.85. The van der Waals surface area contributed by atoms with Crippen molar-refractivity contribution in [3.63, 3.8) is 0 Å². The first-order valence-electron chi connectivity index (χ1n) is 23.3. The number of nitrogens with zero attached hydrogens (tertiary/aromatic N) is 6. The summed E-state index contributed by atoms with van der Waals surface area (Å²) in [5, 5.41) is 25.2. The molecule has 0 bridgehead atoms. The van der Waals surface area contributed by atoms with Gasteiger partial charge in [0.15, 0.2) is 10.9 Å². The highest BCUT2D eigenvalue weighted by Crippen LogP contribution is 2.42. The first-order chi connectivity index (χ1) is 34.5. The predicted octanol–water partition coefficient (Wildman–Crippen LogP) is 8.11. The van der Waals surface area contributed by atoms with Crippen LogP contribution in [-0.4, -0.2) is 98.8 Å². The normalized spacial score (nSPS) is 17.2. The average molecular weight is 1040 g/mol. The van der Waals surface area contributed by atoms with Crippen LogP contribution in [0.1, 0.15) is 76.3 Å². The van der Waals surface area contributed by atoms with E-state index in [9.17, 15) is 42.7 Å². The molecule has 3 N–H and O–H groups in total. The monoisotopic (exact) mass is 1040 g/mol. The Bertz CT molecular complexity index is 2900. The molecule has 4 amide bonds. The van der Waals surface area contributed by atoms with Crippen LogP contribution in [0.3, 0.4) is 0 Å². The molecule has 0 spiro atoms. The molecule has 0 saturated carbocycles. The molecule has 0 aliphatic carbocycles. The van der Waals surface area contributed by atoms with Gasteiger partial charge in [0.25, 0.3) is 5.91 Å². The number of hydrogen-bond acceptors (Lipinski definition) is 12. The number of unbranched alkanes of at least 4 members (excludes halogenated alkanes) is 1. The van der Waals surface area contributed by atoms with Crippen molar-refractivity contribution in [3.05, 3.63) is 113 Å². The van der Waals surface area contributed by atoms with Crippen molar-refractivity contribution < 1.29 is 51.3 Å². The summed E-state index contributed by atoms with van der Waals surface area (Å²) in [6.07, 6.45) is -3.42. The molecule has 2 fully saturated rings. The topological polar surface area (TPSA) is 190 Å². The summed E-state index contributed by atoms with van der Waals surface area (Å²) in [7, 11) is 0. The van der Waals surface area contributed by atoms with Gasteiger partial charge < -0.3 is 35.0 Å². The number of alkyl halides is 3. The van der Waals surface area contributed by atoms with Gasteiger partial charge in [0.1, 0.15) is 35.5 Å². The van der Waals surface area contributed by atoms with Gasteiger partial charge in [-0.05, 0) is 111 Å². The molecule has 2 aliphatic heterocycles. The van der Waals surface area contributed by atoms with Crippen molar-refractivity contribution >= 4 is 63.7 Å². The van der Waals surface area contributed by atoms with E-state index in [1.165, 1.54) is 35.9 Å². The maximum atomic E-state index is 15.4. The zero-order valence-electron chi connectivity index (χ0n) is 40.9. The lowest BCUT2D eigenvalue weighted by molar-refractivity contribution is -0.144. The minimum absolute atomic E-state index is 0.0468. The van der Waals surface area contributed by atoms with Crippen LogP contribution in [-0.2, 0) is 36.6 Å². The van der Waals surface area contributed by atoms with Crippen molar-refractivity contribution in [2.75, 3.05) is 36.2 Å². The summed E-state index contributed by atoms with van der Waals surface area (Å²) in [4.78, 5) is 67.4. The Hall–Kier alpha value is -6.86. The predicted molar refractivity (Wildman–Crippen MR) is 270 cm³/mol. The lowest BCUT2D eigenvalue weighted by Crippen LogP contribution is -2.58. The number of halogens is 4. The van der Waals surface area contributed by atoms with Crippen LogP contribution in [0.4, 0.5) is 28.9 Å². The highest BCUT2D eigenvalue weighted by Gasteiger charge is 2.52. The van der Waals surface area contributed by atoms with Crippen LogP contribution in [0.2, 0.25) is 0 Å². The molecule has 7 rings (SSSR count). The van der Waals surface area contributed by atoms with E-state index < -0.39 is 81.6 Å². The Morgan fingerprint density at radius 3 is 2.29 bits per heavy atom. The third kappa shape index (κ3) is 12.0. The summed E-state index contributed by atoms with van der Waals surface area (Å²) in [5.41, 5.74) is 0.630. The highest BCUT2D eigenvalue weighted by atomic mass is 32.1. The zero-order chi connectivity index (χ0) is 53.0. The number of benzene rings is 3. The molecule has 2 aromatic heterocycles. The van der Waals surface area contributed by atoms with E-state index in [1.807, 2.05) is 31.2 Å². The number of β-amino-alcohol motifs (C(OH)–C–C–N with tert-alkyl or cyclic N) is 1. The number of hydrogen-bond donors (Lipinski definition) is 3. The molecule has 21 heteroatoms. The number of aryl methyl sites for hydroxylation is 1. The summed E-state index contributed by atoms with van der Waals surface area (Å²) in [6.45, 7) is 10.9. The molecule has 0 radical (unpaired) electrons. The van der Waals surface area contributed by atoms with Crippen LogP contribution in [0, 0.1) is 29.5 Å². The van der Waals surface area contributed by atoms with Crippen molar-refractivity contribution in [1.82, 2.24) is 25.5 Å². The maximum Gasteiger partial charge on any atom is 0.420 e. The van der Waals surface area contributed by atoms with Crippen LogP contribution in [0.5, 0.6) is 5.75 Å². The van der Waals surface area contributed by atoms with Gasteiger partial charge in [-0.3, -0.25) is 29.1 Å². The lowest BCUT2D eigenvalue weighted by Gasteiger charge is -2.35. The quantitative estimate of drug-likeness (QED) is 0.0462. The van der Waals surface area contributed by atoms with Gasteiger partial charge in [-0.25, -0.2) is 9.37 Å². The number of amides is 4. The first-order valence-corrected chi connectivity index (χ1v) is 24.6. The van der Waals surface area contributed by atoms with E-state index in [1.54, 1.807) is 74.0 Å². The molecule has 3 aromatic carbocycles. The third-order valence-electron chi connectivity index (χ3n) is 12.5. The van der Waals surface area contributed by atoms with E-state index in [2.05, 4.69) is 20.6 Å². The molecular formula is C52H54F4N8O7S2. The van der Waals surface area contributed by atoms with Gasteiger partial charge in [-0.1, -0.05) is 45.0 Å². The number of carbonyl (C=O) groups is 4. The molecule has 15 nitrogen and oxygen atoms in total. The molecule has 2 aliphatic rings. The average Bonchev–Trinajstić information content (AvgIpc) is 4.01. The number of aliphatic hydroxyl groups is 1. The number of aliphatic hydroxyl groups excluding tert-OH is 1. The summed E-state index contributed by atoms with van der Waals surface area (Å²) in [5.74, 6) is -3.35. The number of pyridine rings is 1. The van der Waals surface area contributed by atoms with Crippen LogP contribution in [0.15, 0.2) is 84.5 Å². The Morgan fingerprint density at radius 2 is 1.67 bits per heavy atom. The molecule has 4 heterocycles. The number of aromatic nitrogens is 2. The maximum absolute atomic E-state index is 15.4. The number of rotatable bonds is 17. The number of thiazole rings is 1. The highest BCUT2D eigenvalue weighted by molar-refractivity contribution is 7.81. The molecule has 3 atom stereocenters. The molecular weight excluding hydrogens is 989 g/mol. The summed E-state index contributed by atoms with van der Waals surface area (Å²) >= 11 is 7.09. The van der Waals surface area contributed by atoms with Gasteiger partial charge in [0.2, 0.25) is 17.7 Å². The number of anilines is 2. The Labute approximate surface area is 429 Å². The molecule has 1 unspecified atom stereocenters. The van der Waals surface area contributed by atoms with Crippen molar-refractivity contribution in [1.29, 1.82) is 5.26 Å². The van der Waals surface area contributed by atoms with E-state index in [4.69, 9.17) is 21.7 Å². The second kappa shape index (κ2) is 22.1. The molecule has 2 saturated heterocycles. The standard InChI is InChI=1S/C52H54F4N8O7S2/c1-30-44(73-29-60-30)33-11-9-31(10-12-33)25-59-46(67)40-23-36(65)27-62(40)47(68)45(50(2,3)4)61-41(66)28-70-21-7-8-22-71-37-17-13-32(14-18-37)38-19-16-35(26-58-38)64-49(72)63(48(69)51(64,5)6)39-20-15-34(24-57)42(43(39)53)52(54,55)56/h9-20,26,29,36,40,45,65H,7-8,21-23,25,27-28H2,1-6H3,(H,59,67)(H,61,66)/t36-,40-,45?/m0/s1. The second-order valence-corrected chi connectivity index (χ2v) is 20.4. The third-order valence-corrected chi connectivity index (χ3v) is 13.8. The zero-order valence-corrected chi connectivity index (χ0v) is 42.5. The number of nitrogens with one attached hydrogen (secondary N) is 2. The largest absolute Gasteiger partial charge is 0.494 e. The fourth-order valence-electron chi connectivity index (χ4n) is 8.60. The number of carbonyl (C=O) groups excluding carboxylic acids is 4. The number of likely N-dealkylation sites (tertiary alicyclic amines) is 1. The van der Waals surface area contributed by atoms with Gasteiger partial charge in [0, 0.05) is 31.7 Å². The Balaban J connectivity index is 0.847. The molecule has 5 aromatic rings. The number of thiocarbonyl (C=S) groups is 1. The van der Waals surface area contributed by atoms with Crippen LogP contribution < -0.4 is 25.2 Å². The number of ether oxygens (including phenoxy) is 2. The Kier molecular flexibility index (Phi) is 16.3. The number of nitriles is 1. The van der Waals surface area contributed by atoms with E-state index in [0.717, 1.165) is 39.4 Å². The summed E-state index contributed by atoms with van der Waals surface area (Å²) < 4.78 is 68.3. The van der Waals surface area contributed by atoms with Crippen molar-refractivity contribution in [2.24, 2.45) is 5.41 Å². The van der Waals surface area contributed by atoms with Gasteiger partial charge >= 0.3 is 6.18 Å². The van der Waals surface area contributed by atoms with E-state index in [-0.39, 0.29) is 37.8 Å². The fraction of sp³-hybridized carbons (Fsp3) is 0.385. The van der Waals surface area contributed by atoms with Crippen molar-refractivity contribution in [3.8, 4) is 33.5 Å². The van der Waals surface area contributed by atoms with E-state index >= 15 is 4.39 Å². The van der Waals surface area contributed by atoms with Crippen LogP contribution in [0.25, 0.3) is 21.7 Å². The SMILES string of the molecule is Cc1ncsc1-c1ccc(CNC(=O)[C@@H]2C[C@H](O)CN2C(=O)C(NC(=O)COCCCCOc2ccc(-c3ccc(N4C(=S)N(c5ccc(C#N)c(C(F)(F)F)c5F)C(=O)C4(C)C)cn3)cc2)C(C)(C)C)cc1. The van der Waals surface area contributed by atoms with Gasteiger partial charge in [-0.2, -0.15) is 18.4 Å². The summed E-state index contributed by atoms with van der Waals surface area (Å²) in [6, 6.07) is 19.4. The second-order valence-electron chi connectivity index (χ2n) is 19.2. The first kappa shape index (κ1) is 53.9.